The third-order valence-corrected chi connectivity index (χ3v) is 3.93. The molecule has 0 saturated heterocycles. The molecular formula is C11H12BFN2O6S. The molecule has 1 rings (SSSR count). The molecule has 1 aromatic rings. The summed E-state index contributed by atoms with van der Waals surface area (Å²) >= 11 is 0. The van der Waals surface area contributed by atoms with Gasteiger partial charge in [0.25, 0.3) is 23.9 Å². The second kappa shape index (κ2) is 7.96. The lowest BCUT2D eigenvalue weighted by Crippen LogP contribution is -2.27. The predicted molar refractivity (Wildman–Crippen MR) is 75.2 cm³/mol. The minimum Gasteiger partial charge on any atom is -0.445 e. The zero-order valence-corrected chi connectivity index (χ0v) is 12.0. The lowest BCUT2D eigenvalue weighted by molar-refractivity contribution is -0.384. The molecule has 8 nitrogen and oxygen atoms in total. The molecule has 0 heterocycles. The third kappa shape index (κ3) is 5.17. The zero-order chi connectivity index (χ0) is 16.8. The van der Waals surface area contributed by atoms with Crippen LogP contribution in [0.3, 0.4) is 0 Å². The van der Waals surface area contributed by atoms with E-state index in [2.05, 4.69) is 4.65 Å². The van der Waals surface area contributed by atoms with Crippen LogP contribution in [0.15, 0.2) is 29.2 Å². The van der Waals surface area contributed by atoms with Crippen LogP contribution in [0, 0.1) is 15.5 Å². The predicted octanol–water partition coefficient (Wildman–Crippen LogP) is 1.15. The van der Waals surface area contributed by atoms with Crippen molar-refractivity contribution in [2.45, 2.75) is 23.6 Å². The molecule has 0 unspecified atom stereocenters. The molecule has 0 spiro atoms. The molecule has 0 fully saturated rings. The van der Waals surface area contributed by atoms with E-state index in [4.69, 9.17) is 17.6 Å². The second-order valence-electron chi connectivity index (χ2n) is 4.18. The van der Waals surface area contributed by atoms with E-state index in [9.17, 15) is 22.9 Å². The van der Waals surface area contributed by atoms with Gasteiger partial charge in [0.15, 0.2) is 0 Å². The van der Waals surface area contributed by atoms with Gasteiger partial charge < -0.3 is 10.1 Å². The molecule has 0 amide bonds. The number of non-ortho nitro benzene ring substituents is 1. The summed E-state index contributed by atoms with van der Waals surface area (Å²) in [6.07, 6.45) is -2.90. The number of rotatable bonds is 9. The van der Waals surface area contributed by atoms with E-state index in [1.807, 2.05) is 0 Å². The molecule has 22 heavy (non-hydrogen) atoms. The average Bonchev–Trinajstić information content (AvgIpc) is 2.47. The van der Waals surface area contributed by atoms with E-state index >= 15 is 0 Å². The van der Waals surface area contributed by atoms with Crippen molar-refractivity contribution in [3.63, 3.8) is 0 Å². The number of hydrogen-bond acceptors (Lipinski definition) is 7. The molecule has 2 atom stereocenters. The summed E-state index contributed by atoms with van der Waals surface area (Å²) in [5, 5.41) is 17.3. The highest BCUT2D eigenvalue weighted by molar-refractivity contribution is 7.86. The van der Waals surface area contributed by atoms with Crippen molar-refractivity contribution in [3.05, 3.63) is 34.4 Å². The number of nitrogens with one attached hydrogen (secondary N) is 1. The van der Waals surface area contributed by atoms with Crippen molar-refractivity contribution in [2.75, 3.05) is 6.61 Å². The van der Waals surface area contributed by atoms with Gasteiger partial charge in [-0.25, -0.2) is 4.39 Å². The molecule has 1 N–H and O–H groups in total. The third-order valence-electron chi connectivity index (χ3n) is 2.55. The standard InChI is InChI=1S/C11H12BFN2O6S/c12-20-7-10(5-8(13)6-14)21-22(18,19)11-3-1-9(2-4-11)15(16)17/h1-4,6,8,10,14H,5,7H2/t8-,10-/m0/s1. The normalized spacial score (nSPS) is 14.2. The Hall–Kier alpha value is -1.85. The fraction of sp³-hybridized carbons (Fsp3) is 0.364. The second-order valence-corrected chi connectivity index (χ2v) is 5.75. The molecule has 0 saturated carbocycles. The summed E-state index contributed by atoms with van der Waals surface area (Å²) in [6, 6.07) is 4.00. The Morgan fingerprint density at radius 1 is 1.41 bits per heavy atom. The van der Waals surface area contributed by atoms with E-state index in [1.54, 1.807) is 0 Å². The first-order valence-electron chi connectivity index (χ1n) is 5.94. The lowest BCUT2D eigenvalue weighted by atomic mass is 10.2. The molecular weight excluding hydrogens is 318 g/mol. The van der Waals surface area contributed by atoms with Crippen LogP contribution in [0.2, 0.25) is 0 Å². The van der Waals surface area contributed by atoms with Gasteiger partial charge in [-0.1, -0.05) is 0 Å². The van der Waals surface area contributed by atoms with E-state index in [-0.39, 0.29) is 10.6 Å². The van der Waals surface area contributed by atoms with Gasteiger partial charge in [-0.3, -0.25) is 14.3 Å². The van der Waals surface area contributed by atoms with Crippen molar-refractivity contribution < 1.29 is 26.6 Å². The first-order valence-corrected chi connectivity index (χ1v) is 7.35. The fourth-order valence-corrected chi connectivity index (χ4v) is 2.60. The van der Waals surface area contributed by atoms with Crippen LogP contribution >= 0.6 is 0 Å². The van der Waals surface area contributed by atoms with Crippen molar-refractivity contribution >= 4 is 30.1 Å². The Labute approximate surface area is 127 Å². The Kier molecular flexibility index (Phi) is 6.59. The minimum atomic E-state index is -4.28. The van der Waals surface area contributed by atoms with Gasteiger partial charge >= 0.3 is 0 Å². The van der Waals surface area contributed by atoms with Crippen LogP contribution in [-0.2, 0) is 19.0 Å². The van der Waals surface area contributed by atoms with Gasteiger partial charge in [0.05, 0.1) is 16.4 Å². The summed E-state index contributed by atoms with van der Waals surface area (Å²) < 4.78 is 46.2. The van der Waals surface area contributed by atoms with Gasteiger partial charge in [-0.2, -0.15) is 8.42 Å². The first kappa shape index (κ1) is 18.2. The fourth-order valence-electron chi connectivity index (χ4n) is 1.53. The average molecular weight is 330 g/mol. The summed E-state index contributed by atoms with van der Waals surface area (Å²) in [4.78, 5) is 9.50. The molecule has 0 aliphatic carbocycles. The molecule has 0 aromatic heterocycles. The first-order chi connectivity index (χ1) is 10.3. The van der Waals surface area contributed by atoms with Gasteiger partial charge in [0.2, 0.25) is 0 Å². The van der Waals surface area contributed by atoms with Crippen LogP contribution < -0.4 is 0 Å². The Morgan fingerprint density at radius 2 is 2.00 bits per heavy atom. The molecule has 1 aromatic carbocycles. The van der Waals surface area contributed by atoms with Gasteiger partial charge in [-0.05, 0) is 12.1 Å². The molecule has 0 bridgehead atoms. The lowest BCUT2D eigenvalue weighted by Gasteiger charge is -2.17. The van der Waals surface area contributed by atoms with Crippen LogP contribution in [0.5, 0.6) is 0 Å². The number of benzene rings is 1. The maximum atomic E-state index is 13.1. The summed E-state index contributed by atoms with van der Waals surface area (Å²) in [5.74, 6) is 0. The topological polar surface area (TPSA) is 120 Å². The SMILES string of the molecule is [B]OC[C@H](C[C@H](F)C=N)OS(=O)(=O)c1ccc([N+](=O)[O-])cc1. The summed E-state index contributed by atoms with van der Waals surface area (Å²) in [6.45, 7) is -0.402. The van der Waals surface area contributed by atoms with Crippen LogP contribution in [0.25, 0.3) is 0 Å². The monoisotopic (exact) mass is 330 g/mol. The summed E-state index contributed by atoms with van der Waals surface area (Å²) in [5.41, 5.74) is -0.284. The molecule has 11 heteroatoms. The van der Waals surface area contributed by atoms with Gasteiger partial charge in [-0.15, -0.1) is 0 Å². The number of alkyl halides is 1. The molecule has 118 valence electrons. The van der Waals surface area contributed by atoms with Crippen LogP contribution in [0.4, 0.5) is 10.1 Å². The minimum absolute atomic E-state index is 0.284. The van der Waals surface area contributed by atoms with Crippen molar-refractivity contribution in [3.8, 4) is 0 Å². The Balaban J connectivity index is 2.91. The van der Waals surface area contributed by atoms with E-state index < -0.39 is 40.3 Å². The van der Waals surface area contributed by atoms with Crippen molar-refractivity contribution in [1.29, 1.82) is 5.41 Å². The number of nitrogens with zero attached hydrogens (tertiary/aromatic N) is 1. The number of halogens is 1. The highest BCUT2D eigenvalue weighted by Gasteiger charge is 2.24. The van der Waals surface area contributed by atoms with E-state index in [0.717, 1.165) is 24.3 Å². The maximum Gasteiger partial charge on any atom is 0.297 e. The zero-order valence-electron chi connectivity index (χ0n) is 11.2. The Morgan fingerprint density at radius 3 is 2.45 bits per heavy atom. The number of hydrogen-bond donors (Lipinski definition) is 1. The number of nitro benzene ring substituents is 1. The van der Waals surface area contributed by atoms with Crippen molar-refractivity contribution in [1.82, 2.24) is 0 Å². The number of nitro groups is 1. The Bertz CT molecular complexity index is 624. The molecule has 2 radical (unpaired) electrons. The molecule has 0 aliphatic heterocycles. The highest BCUT2D eigenvalue weighted by atomic mass is 32.2. The highest BCUT2D eigenvalue weighted by Crippen LogP contribution is 2.20. The van der Waals surface area contributed by atoms with Gasteiger partial charge in [0.1, 0.15) is 12.3 Å². The van der Waals surface area contributed by atoms with Gasteiger partial charge in [0, 0.05) is 24.8 Å². The van der Waals surface area contributed by atoms with Crippen LogP contribution in [0.1, 0.15) is 6.42 Å². The quantitative estimate of drug-likeness (QED) is 0.238. The maximum absolute atomic E-state index is 13.1. The largest absolute Gasteiger partial charge is 0.445 e. The smallest absolute Gasteiger partial charge is 0.297 e. The van der Waals surface area contributed by atoms with E-state index in [0.29, 0.717) is 6.21 Å². The van der Waals surface area contributed by atoms with E-state index in [1.165, 1.54) is 0 Å². The summed E-state index contributed by atoms with van der Waals surface area (Å²) in [7, 11) is 0.550. The van der Waals surface area contributed by atoms with Crippen LogP contribution in [-0.4, -0.2) is 46.5 Å². The van der Waals surface area contributed by atoms with Crippen molar-refractivity contribution in [2.24, 2.45) is 0 Å². The molecule has 0 aliphatic rings.